The lowest BCUT2D eigenvalue weighted by molar-refractivity contribution is -0.139. The van der Waals surface area contributed by atoms with E-state index in [1.807, 2.05) is 0 Å². The van der Waals surface area contributed by atoms with Crippen LogP contribution < -0.4 is 10.6 Å². The van der Waals surface area contributed by atoms with E-state index in [1.165, 1.54) is 0 Å². The molecule has 0 aromatic rings. The van der Waals surface area contributed by atoms with Crippen LogP contribution in [-0.4, -0.2) is 78.6 Å². The molecule has 24 heavy (non-hydrogen) atoms. The number of hydrogen-bond acceptors (Lipinski definition) is 5. The zero-order valence-electron chi connectivity index (χ0n) is 15.0. The maximum absolute atomic E-state index is 12.4. The van der Waals surface area contributed by atoms with Crippen molar-refractivity contribution in [3.05, 3.63) is 0 Å². The number of hydrogen-bond donors (Lipinski definition) is 2. The van der Waals surface area contributed by atoms with Crippen molar-refractivity contribution in [1.29, 1.82) is 0 Å². The van der Waals surface area contributed by atoms with Crippen molar-refractivity contribution in [3.63, 3.8) is 0 Å². The van der Waals surface area contributed by atoms with Crippen LogP contribution in [0, 0.1) is 5.41 Å². The van der Waals surface area contributed by atoms with Crippen molar-refractivity contribution in [1.82, 2.24) is 20.4 Å². The van der Waals surface area contributed by atoms with Crippen molar-refractivity contribution in [2.75, 3.05) is 50.9 Å². The van der Waals surface area contributed by atoms with E-state index < -0.39 is 0 Å². The summed E-state index contributed by atoms with van der Waals surface area (Å²) < 4.78 is 0. The van der Waals surface area contributed by atoms with Crippen LogP contribution in [0.2, 0.25) is 0 Å². The average molecular weight is 379 g/mol. The predicted molar refractivity (Wildman–Crippen MR) is 102 cm³/mol. The van der Waals surface area contributed by atoms with Crippen molar-refractivity contribution >= 4 is 36.0 Å². The molecular formula is C16H31ClN4O2S. The van der Waals surface area contributed by atoms with Gasteiger partial charge in [-0.3, -0.25) is 14.5 Å². The van der Waals surface area contributed by atoms with E-state index in [-0.39, 0.29) is 35.7 Å². The van der Waals surface area contributed by atoms with Gasteiger partial charge in [0, 0.05) is 51.4 Å². The lowest BCUT2D eigenvalue weighted by Gasteiger charge is -2.28. The minimum Gasteiger partial charge on any atom is -0.353 e. The molecule has 6 nitrogen and oxygen atoms in total. The minimum atomic E-state index is -0.308. The zero-order chi connectivity index (χ0) is 16.9. The Hall–Kier alpha value is -0.500. The first-order chi connectivity index (χ1) is 10.9. The van der Waals surface area contributed by atoms with E-state index in [0.717, 1.165) is 32.7 Å². The second-order valence-corrected chi connectivity index (χ2v) is 8.50. The second-order valence-electron chi connectivity index (χ2n) is 7.50. The van der Waals surface area contributed by atoms with E-state index in [9.17, 15) is 9.59 Å². The first-order valence-electron chi connectivity index (χ1n) is 8.45. The number of carbonyl (C=O) groups excluding carboxylic acids is 2. The molecule has 1 atom stereocenters. The van der Waals surface area contributed by atoms with E-state index in [4.69, 9.17) is 0 Å². The predicted octanol–water partition coefficient (Wildman–Crippen LogP) is 0.767. The lowest BCUT2D eigenvalue weighted by Crippen LogP contribution is -2.50. The molecule has 0 bridgehead atoms. The molecule has 0 saturated carbocycles. The van der Waals surface area contributed by atoms with E-state index >= 15 is 0 Å². The van der Waals surface area contributed by atoms with Gasteiger partial charge < -0.3 is 15.5 Å². The van der Waals surface area contributed by atoms with Crippen LogP contribution in [0.25, 0.3) is 0 Å². The Morgan fingerprint density at radius 2 is 1.92 bits per heavy atom. The smallest absolute Gasteiger partial charge is 0.243 e. The number of carbonyl (C=O) groups is 2. The van der Waals surface area contributed by atoms with Gasteiger partial charge in [0.05, 0.1) is 5.88 Å². The highest BCUT2D eigenvalue weighted by Crippen LogP contribution is 2.26. The molecule has 8 heteroatoms. The zero-order valence-corrected chi connectivity index (χ0v) is 16.6. The van der Waals surface area contributed by atoms with Gasteiger partial charge in [-0.15, -0.1) is 24.2 Å². The molecule has 2 N–H and O–H groups in total. The second kappa shape index (κ2) is 9.85. The van der Waals surface area contributed by atoms with Crippen LogP contribution >= 0.6 is 24.2 Å². The highest BCUT2D eigenvalue weighted by molar-refractivity contribution is 7.99. The van der Waals surface area contributed by atoms with Crippen molar-refractivity contribution in [2.45, 2.75) is 33.2 Å². The van der Waals surface area contributed by atoms with Crippen LogP contribution in [0.4, 0.5) is 0 Å². The molecule has 2 rings (SSSR count). The normalized spacial score (nSPS) is 22.1. The highest BCUT2D eigenvalue weighted by atomic mass is 35.5. The molecule has 0 radical (unpaired) electrons. The molecule has 2 amide bonds. The number of amides is 2. The molecule has 1 unspecified atom stereocenters. The Bertz CT molecular complexity index is 425. The Morgan fingerprint density at radius 1 is 1.25 bits per heavy atom. The molecular weight excluding hydrogens is 348 g/mol. The summed E-state index contributed by atoms with van der Waals surface area (Å²) in [6, 6.07) is -0.308. The van der Waals surface area contributed by atoms with Gasteiger partial charge in [0.15, 0.2) is 0 Å². The van der Waals surface area contributed by atoms with Crippen LogP contribution in [0.1, 0.15) is 27.2 Å². The third kappa shape index (κ3) is 6.78. The summed E-state index contributed by atoms with van der Waals surface area (Å²) in [5.74, 6) is 1.41. The third-order valence-corrected chi connectivity index (χ3v) is 5.14. The van der Waals surface area contributed by atoms with Crippen molar-refractivity contribution in [2.24, 2.45) is 5.41 Å². The fourth-order valence-electron chi connectivity index (χ4n) is 2.85. The number of piperazine rings is 1. The van der Waals surface area contributed by atoms with Gasteiger partial charge in [-0.05, 0) is 5.41 Å². The average Bonchev–Trinajstić information content (AvgIpc) is 2.96. The van der Waals surface area contributed by atoms with Gasteiger partial charge in [0.25, 0.3) is 0 Å². The molecule has 0 aromatic carbocycles. The van der Waals surface area contributed by atoms with Gasteiger partial charge in [-0.2, -0.15) is 0 Å². The molecule has 140 valence electrons. The van der Waals surface area contributed by atoms with Crippen molar-refractivity contribution in [3.8, 4) is 0 Å². The molecule has 2 heterocycles. The number of nitrogens with zero attached hydrogens (tertiary/aromatic N) is 2. The van der Waals surface area contributed by atoms with Gasteiger partial charge in [-0.1, -0.05) is 20.8 Å². The molecule has 2 fully saturated rings. The molecule has 2 aliphatic rings. The molecule has 0 aromatic heterocycles. The van der Waals surface area contributed by atoms with Crippen LogP contribution in [-0.2, 0) is 9.59 Å². The standard InChI is InChI=1S/C16H30N4O2S.ClH/c1-16(2,3)10-14(21)20-12-23-11-13(20)15(22)18-6-9-19-7-4-17-5-8-19;/h13,17H,4-12H2,1-3H3,(H,18,22);1H. The fraction of sp³-hybridized carbons (Fsp3) is 0.875. The summed E-state index contributed by atoms with van der Waals surface area (Å²) in [6.45, 7) is 11.8. The van der Waals surface area contributed by atoms with Crippen LogP contribution in [0.3, 0.4) is 0 Å². The number of thioether (sulfide) groups is 1. The summed E-state index contributed by atoms with van der Waals surface area (Å²) in [6.07, 6.45) is 0.484. The van der Waals surface area contributed by atoms with E-state index in [1.54, 1.807) is 16.7 Å². The van der Waals surface area contributed by atoms with Gasteiger partial charge >= 0.3 is 0 Å². The maximum Gasteiger partial charge on any atom is 0.243 e. The molecule has 0 aliphatic carbocycles. The Labute approximate surface area is 155 Å². The fourth-order valence-corrected chi connectivity index (χ4v) is 4.03. The largest absolute Gasteiger partial charge is 0.353 e. The molecule has 2 aliphatic heterocycles. The monoisotopic (exact) mass is 378 g/mol. The van der Waals surface area contributed by atoms with E-state index in [2.05, 4.69) is 36.3 Å². The Morgan fingerprint density at radius 3 is 2.54 bits per heavy atom. The first kappa shape index (κ1) is 21.5. The lowest BCUT2D eigenvalue weighted by atomic mass is 9.91. The number of halogens is 1. The Balaban J connectivity index is 0.00000288. The maximum atomic E-state index is 12.4. The molecule has 0 spiro atoms. The van der Waals surface area contributed by atoms with Gasteiger partial charge in [0.1, 0.15) is 6.04 Å². The summed E-state index contributed by atoms with van der Waals surface area (Å²) in [7, 11) is 0. The van der Waals surface area contributed by atoms with Crippen molar-refractivity contribution < 1.29 is 9.59 Å². The summed E-state index contributed by atoms with van der Waals surface area (Å²) in [4.78, 5) is 28.9. The van der Waals surface area contributed by atoms with E-state index in [0.29, 0.717) is 24.6 Å². The quantitative estimate of drug-likeness (QED) is 0.739. The number of rotatable bonds is 5. The SMILES string of the molecule is CC(C)(C)CC(=O)N1CSCC1C(=O)NCCN1CCNCC1.Cl. The van der Waals surface area contributed by atoms with Gasteiger partial charge in [0.2, 0.25) is 11.8 Å². The van der Waals surface area contributed by atoms with Gasteiger partial charge in [-0.25, -0.2) is 0 Å². The first-order valence-corrected chi connectivity index (χ1v) is 9.60. The van der Waals surface area contributed by atoms with Crippen LogP contribution in [0.5, 0.6) is 0 Å². The summed E-state index contributed by atoms with van der Waals surface area (Å²) in [5, 5.41) is 6.33. The summed E-state index contributed by atoms with van der Waals surface area (Å²) >= 11 is 1.66. The minimum absolute atomic E-state index is 0. The Kier molecular flexibility index (Phi) is 8.84. The summed E-state index contributed by atoms with van der Waals surface area (Å²) in [5.41, 5.74) is -0.0480. The molecule has 2 saturated heterocycles. The third-order valence-electron chi connectivity index (χ3n) is 4.12. The highest BCUT2D eigenvalue weighted by Gasteiger charge is 2.35. The topological polar surface area (TPSA) is 64.7 Å². The van der Waals surface area contributed by atoms with Crippen LogP contribution in [0.15, 0.2) is 0 Å². The number of nitrogens with one attached hydrogen (secondary N) is 2.